The minimum absolute atomic E-state index is 0.0253. The summed E-state index contributed by atoms with van der Waals surface area (Å²) in [6, 6.07) is 0.0560. The Labute approximate surface area is 96.3 Å². The molecule has 1 N–H and O–H groups in total. The highest BCUT2D eigenvalue weighted by atomic mass is 16.5. The zero-order valence-electron chi connectivity index (χ0n) is 10.0. The molecule has 1 saturated heterocycles. The Kier molecular flexibility index (Phi) is 5.73. The average Bonchev–Trinajstić information content (AvgIpc) is 2.30. The molecule has 2 atom stereocenters. The normalized spacial score (nSPS) is 25.8. The Morgan fingerprint density at radius 2 is 2.38 bits per heavy atom. The monoisotopic (exact) mass is 231 g/mol. The zero-order valence-corrected chi connectivity index (χ0v) is 10.0. The lowest BCUT2D eigenvalue weighted by Crippen LogP contribution is -2.53. The first-order valence-corrected chi connectivity index (χ1v) is 5.78. The Hall–Kier alpha value is -0.650. The number of rotatable bonds is 5. The van der Waals surface area contributed by atoms with Crippen LogP contribution in [-0.4, -0.2) is 61.0 Å². The first kappa shape index (κ1) is 13.4. The topological polar surface area (TPSA) is 59.0 Å². The van der Waals surface area contributed by atoms with E-state index in [1.165, 1.54) is 0 Å². The van der Waals surface area contributed by atoms with Gasteiger partial charge in [-0.05, 0) is 13.3 Å². The van der Waals surface area contributed by atoms with Crippen LogP contribution in [0.25, 0.3) is 0 Å². The van der Waals surface area contributed by atoms with E-state index in [0.29, 0.717) is 19.8 Å². The number of aliphatic hydroxyl groups is 1. The Morgan fingerprint density at radius 1 is 1.62 bits per heavy atom. The molecule has 1 heterocycles. The largest absolute Gasteiger partial charge is 0.394 e. The van der Waals surface area contributed by atoms with Crippen LogP contribution in [0.5, 0.6) is 0 Å². The summed E-state index contributed by atoms with van der Waals surface area (Å²) in [5.41, 5.74) is 0. The Balaban J connectivity index is 2.39. The van der Waals surface area contributed by atoms with E-state index >= 15 is 0 Å². The van der Waals surface area contributed by atoms with E-state index in [1.807, 2.05) is 13.8 Å². The van der Waals surface area contributed by atoms with Gasteiger partial charge in [-0.2, -0.15) is 0 Å². The molecule has 1 fully saturated rings. The Bertz CT molecular complexity index is 222. The van der Waals surface area contributed by atoms with Crippen molar-refractivity contribution in [3.05, 3.63) is 0 Å². The van der Waals surface area contributed by atoms with Gasteiger partial charge in [0.15, 0.2) is 0 Å². The van der Waals surface area contributed by atoms with Crippen LogP contribution in [0.2, 0.25) is 0 Å². The fourth-order valence-electron chi connectivity index (χ4n) is 1.66. The van der Waals surface area contributed by atoms with E-state index in [9.17, 15) is 4.79 Å². The summed E-state index contributed by atoms with van der Waals surface area (Å²) < 4.78 is 10.6. The van der Waals surface area contributed by atoms with Crippen LogP contribution in [0.3, 0.4) is 0 Å². The highest BCUT2D eigenvalue weighted by Gasteiger charge is 2.28. The van der Waals surface area contributed by atoms with Crippen LogP contribution in [-0.2, 0) is 14.3 Å². The molecule has 2 unspecified atom stereocenters. The van der Waals surface area contributed by atoms with Gasteiger partial charge in [0.05, 0.1) is 25.4 Å². The molecule has 16 heavy (non-hydrogen) atoms. The van der Waals surface area contributed by atoms with E-state index in [0.717, 1.165) is 6.42 Å². The quantitative estimate of drug-likeness (QED) is 0.678. The lowest BCUT2D eigenvalue weighted by Gasteiger charge is -2.37. The molecule has 5 nitrogen and oxygen atoms in total. The van der Waals surface area contributed by atoms with Gasteiger partial charge in [-0.25, -0.2) is 0 Å². The summed E-state index contributed by atoms with van der Waals surface area (Å²) in [6.07, 6.45) is 0.650. The van der Waals surface area contributed by atoms with Crippen molar-refractivity contribution in [1.82, 2.24) is 4.90 Å². The molecule has 5 heteroatoms. The molecule has 94 valence electrons. The summed E-state index contributed by atoms with van der Waals surface area (Å²) in [4.78, 5) is 13.5. The minimum atomic E-state index is -0.258. The van der Waals surface area contributed by atoms with Gasteiger partial charge in [-0.1, -0.05) is 6.92 Å². The molecule has 0 saturated carbocycles. The number of carbonyl (C=O) groups excluding carboxylic acids is 1. The molecule has 1 rings (SSSR count). The average molecular weight is 231 g/mol. The van der Waals surface area contributed by atoms with Crippen molar-refractivity contribution in [3.63, 3.8) is 0 Å². The van der Waals surface area contributed by atoms with Gasteiger partial charge in [-0.15, -0.1) is 0 Å². The molecule has 0 aromatic heterocycles. The van der Waals surface area contributed by atoms with E-state index < -0.39 is 0 Å². The highest BCUT2D eigenvalue weighted by Crippen LogP contribution is 2.11. The second-order valence-corrected chi connectivity index (χ2v) is 4.09. The van der Waals surface area contributed by atoms with Crippen molar-refractivity contribution >= 4 is 5.91 Å². The molecule has 0 aromatic rings. The van der Waals surface area contributed by atoms with Crippen molar-refractivity contribution in [2.24, 2.45) is 0 Å². The number of hydrogen-bond acceptors (Lipinski definition) is 4. The number of ether oxygens (including phenoxy) is 2. The summed E-state index contributed by atoms with van der Waals surface area (Å²) in [5, 5.41) is 9.00. The third-order valence-corrected chi connectivity index (χ3v) is 2.60. The minimum Gasteiger partial charge on any atom is -0.394 e. The van der Waals surface area contributed by atoms with Crippen molar-refractivity contribution in [1.29, 1.82) is 0 Å². The molecule has 1 aliphatic heterocycles. The maximum atomic E-state index is 11.8. The number of aliphatic hydroxyl groups excluding tert-OH is 1. The molecule has 0 spiro atoms. The van der Waals surface area contributed by atoms with Crippen LogP contribution in [0.4, 0.5) is 0 Å². The van der Waals surface area contributed by atoms with Crippen LogP contribution in [0.15, 0.2) is 0 Å². The number of hydrogen-bond donors (Lipinski definition) is 1. The zero-order chi connectivity index (χ0) is 12.0. The van der Waals surface area contributed by atoms with Crippen LogP contribution in [0.1, 0.15) is 20.3 Å². The maximum absolute atomic E-state index is 11.8. The molecule has 0 aliphatic carbocycles. The van der Waals surface area contributed by atoms with Gasteiger partial charge in [0.2, 0.25) is 5.91 Å². The molecular weight excluding hydrogens is 210 g/mol. The second-order valence-electron chi connectivity index (χ2n) is 4.09. The number of nitrogens with zero attached hydrogens (tertiary/aromatic N) is 1. The predicted molar refractivity (Wildman–Crippen MR) is 59.1 cm³/mol. The molecule has 0 aromatic carbocycles. The lowest BCUT2D eigenvalue weighted by atomic mass is 10.2. The van der Waals surface area contributed by atoms with Crippen molar-refractivity contribution in [2.75, 3.05) is 33.0 Å². The molecule has 0 bridgehead atoms. The van der Waals surface area contributed by atoms with E-state index in [2.05, 4.69) is 0 Å². The molecule has 1 aliphatic rings. The fourth-order valence-corrected chi connectivity index (χ4v) is 1.66. The van der Waals surface area contributed by atoms with Gasteiger partial charge in [0, 0.05) is 13.2 Å². The molecule has 0 radical (unpaired) electrons. The van der Waals surface area contributed by atoms with Crippen molar-refractivity contribution in [2.45, 2.75) is 32.4 Å². The maximum Gasteiger partial charge on any atom is 0.248 e. The third-order valence-electron chi connectivity index (χ3n) is 2.60. The highest BCUT2D eigenvalue weighted by molar-refractivity contribution is 5.77. The lowest BCUT2D eigenvalue weighted by molar-refractivity contribution is -0.150. The van der Waals surface area contributed by atoms with Crippen molar-refractivity contribution < 1.29 is 19.4 Å². The standard InChI is InChI=1S/C11H21NO4/c1-3-4-15-8-11(14)12-5-10(6-13)16-7-9(12)2/h9-10,13H,3-8H2,1-2H3. The Morgan fingerprint density at radius 3 is 3.00 bits per heavy atom. The SMILES string of the molecule is CCCOCC(=O)N1CC(CO)OCC1C. The van der Waals surface area contributed by atoms with Gasteiger partial charge >= 0.3 is 0 Å². The number of morpholine rings is 1. The first-order chi connectivity index (χ1) is 7.69. The van der Waals surface area contributed by atoms with Crippen LogP contribution < -0.4 is 0 Å². The van der Waals surface area contributed by atoms with Gasteiger partial charge in [-0.3, -0.25) is 4.79 Å². The van der Waals surface area contributed by atoms with Crippen LogP contribution in [0, 0.1) is 0 Å². The molecule has 1 amide bonds. The molecular formula is C11H21NO4. The van der Waals surface area contributed by atoms with E-state index in [-0.39, 0.29) is 31.3 Å². The predicted octanol–water partition coefficient (Wildman–Crippen LogP) is 0.0212. The number of amides is 1. The van der Waals surface area contributed by atoms with E-state index in [1.54, 1.807) is 4.90 Å². The van der Waals surface area contributed by atoms with Crippen LogP contribution >= 0.6 is 0 Å². The first-order valence-electron chi connectivity index (χ1n) is 5.78. The van der Waals surface area contributed by atoms with Gasteiger partial charge < -0.3 is 19.5 Å². The summed E-state index contributed by atoms with van der Waals surface area (Å²) in [7, 11) is 0. The summed E-state index contributed by atoms with van der Waals surface area (Å²) >= 11 is 0. The summed E-state index contributed by atoms with van der Waals surface area (Å²) in [5.74, 6) is -0.0253. The smallest absolute Gasteiger partial charge is 0.248 e. The summed E-state index contributed by atoms with van der Waals surface area (Å²) in [6.45, 7) is 5.54. The number of carbonyl (C=O) groups is 1. The third kappa shape index (κ3) is 3.73. The van der Waals surface area contributed by atoms with E-state index in [4.69, 9.17) is 14.6 Å². The van der Waals surface area contributed by atoms with Crippen molar-refractivity contribution in [3.8, 4) is 0 Å². The van der Waals surface area contributed by atoms with Gasteiger partial charge in [0.25, 0.3) is 0 Å². The van der Waals surface area contributed by atoms with Gasteiger partial charge in [0.1, 0.15) is 6.61 Å². The second kappa shape index (κ2) is 6.83. The fraction of sp³-hybridized carbons (Fsp3) is 0.909.